The summed E-state index contributed by atoms with van der Waals surface area (Å²) in [6, 6.07) is 6.95. The topological polar surface area (TPSA) is 67.4 Å². The molecule has 5 heteroatoms. The van der Waals surface area contributed by atoms with E-state index >= 15 is 0 Å². The molecule has 0 unspecified atom stereocenters. The molecule has 1 aromatic rings. The van der Waals surface area contributed by atoms with Crippen molar-refractivity contribution >= 4 is 17.5 Å². The van der Waals surface area contributed by atoms with Crippen molar-refractivity contribution in [1.29, 1.82) is 0 Å². The molecule has 1 heterocycles. The van der Waals surface area contributed by atoms with E-state index in [4.69, 9.17) is 4.74 Å². The number of hydrogen-bond donors (Lipinski definition) is 2. The Kier molecular flexibility index (Phi) is 5.33. The first-order chi connectivity index (χ1) is 10.1. The highest BCUT2D eigenvalue weighted by Gasteiger charge is 2.17. The van der Waals surface area contributed by atoms with Gasteiger partial charge in [-0.25, -0.2) is 0 Å². The van der Waals surface area contributed by atoms with Crippen LogP contribution in [0, 0.1) is 5.92 Å². The van der Waals surface area contributed by atoms with E-state index in [0.29, 0.717) is 17.8 Å². The van der Waals surface area contributed by atoms with Crippen LogP contribution < -0.4 is 10.6 Å². The van der Waals surface area contributed by atoms with Gasteiger partial charge in [0.1, 0.15) is 0 Å². The molecule has 0 spiro atoms. The molecule has 1 saturated heterocycles. The van der Waals surface area contributed by atoms with Crippen molar-refractivity contribution in [2.45, 2.75) is 32.8 Å². The lowest BCUT2D eigenvalue weighted by atomic mass is 10.1. The largest absolute Gasteiger partial charge is 0.376 e. The summed E-state index contributed by atoms with van der Waals surface area (Å²) in [5.74, 6) is -0.306. The molecule has 1 fully saturated rings. The first kappa shape index (κ1) is 15.5. The SMILES string of the molecule is CC(C)C(=O)Nc1cccc(C(=O)NC[C@H]2CCCO2)c1. The van der Waals surface area contributed by atoms with Crippen molar-refractivity contribution < 1.29 is 14.3 Å². The van der Waals surface area contributed by atoms with E-state index in [-0.39, 0.29) is 23.8 Å². The molecule has 0 bridgehead atoms. The van der Waals surface area contributed by atoms with E-state index < -0.39 is 0 Å². The standard InChI is InChI=1S/C16H22N2O3/c1-11(2)15(19)18-13-6-3-5-12(9-13)16(20)17-10-14-7-4-8-21-14/h3,5-6,9,11,14H,4,7-8,10H2,1-2H3,(H,17,20)(H,18,19)/t14-/m1/s1. The second-order valence-electron chi connectivity index (χ2n) is 5.57. The van der Waals surface area contributed by atoms with Crippen molar-refractivity contribution in [2.24, 2.45) is 5.92 Å². The Bertz CT molecular complexity index is 508. The summed E-state index contributed by atoms with van der Waals surface area (Å²) in [6.45, 7) is 4.96. The second kappa shape index (κ2) is 7.22. The molecule has 0 aliphatic carbocycles. The summed E-state index contributed by atoms with van der Waals surface area (Å²) in [7, 11) is 0. The Morgan fingerprint density at radius 1 is 1.38 bits per heavy atom. The minimum atomic E-state index is -0.147. The van der Waals surface area contributed by atoms with E-state index in [1.807, 2.05) is 13.8 Å². The van der Waals surface area contributed by atoms with Crippen LogP contribution in [0.1, 0.15) is 37.0 Å². The smallest absolute Gasteiger partial charge is 0.251 e. The molecule has 1 aliphatic heterocycles. The number of hydrogen-bond acceptors (Lipinski definition) is 3. The van der Waals surface area contributed by atoms with Gasteiger partial charge in [-0.05, 0) is 31.0 Å². The summed E-state index contributed by atoms with van der Waals surface area (Å²) in [6.07, 6.45) is 2.17. The fourth-order valence-electron chi connectivity index (χ4n) is 2.14. The molecule has 21 heavy (non-hydrogen) atoms. The first-order valence-corrected chi connectivity index (χ1v) is 7.37. The fourth-order valence-corrected chi connectivity index (χ4v) is 2.14. The average Bonchev–Trinajstić information content (AvgIpc) is 2.98. The van der Waals surface area contributed by atoms with Gasteiger partial charge in [0.05, 0.1) is 6.10 Å². The molecule has 1 aromatic carbocycles. The van der Waals surface area contributed by atoms with Gasteiger partial charge in [0.15, 0.2) is 0 Å². The summed E-state index contributed by atoms with van der Waals surface area (Å²) in [5.41, 5.74) is 1.17. The number of amides is 2. The van der Waals surface area contributed by atoms with Crippen LogP contribution in [0.5, 0.6) is 0 Å². The van der Waals surface area contributed by atoms with Crippen LogP contribution in [0.2, 0.25) is 0 Å². The lowest BCUT2D eigenvalue weighted by Gasteiger charge is -2.12. The van der Waals surface area contributed by atoms with E-state index in [1.54, 1.807) is 24.3 Å². The van der Waals surface area contributed by atoms with Gasteiger partial charge in [0, 0.05) is 30.3 Å². The Labute approximate surface area is 125 Å². The predicted molar refractivity (Wildman–Crippen MR) is 81.2 cm³/mol. The highest BCUT2D eigenvalue weighted by Crippen LogP contribution is 2.13. The zero-order valence-electron chi connectivity index (χ0n) is 12.5. The first-order valence-electron chi connectivity index (χ1n) is 7.37. The van der Waals surface area contributed by atoms with Crippen LogP contribution in [0.4, 0.5) is 5.69 Å². The Balaban J connectivity index is 1.92. The van der Waals surface area contributed by atoms with Gasteiger partial charge in [-0.1, -0.05) is 19.9 Å². The molecular formula is C16H22N2O3. The Morgan fingerprint density at radius 2 is 2.19 bits per heavy atom. The summed E-state index contributed by atoms with van der Waals surface area (Å²) in [5, 5.41) is 5.66. The predicted octanol–water partition coefficient (Wildman–Crippen LogP) is 2.19. The zero-order valence-corrected chi connectivity index (χ0v) is 12.5. The average molecular weight is 290 g/mol. The molecule has 2 amide bonds. The molecule has 2 rings (SSSR count). The fraction of sp³-hybridized carbons (Fsp3) is 0.500. The van der Waals surface area contributed by atoms with Crippen molar-refractivity contribution in [3.05, 3.63) is 29.8 Å². The lowest BCUT2D eigenvalue weighted by Crippen LogP contribution is -2.31. The van der Waals surface area contributed by atoms with Crippen molar-refractivity contribution in [3.63, 3.8) is 0 Å². The third-order valence-electron chi connectivity index (χ3n) is 3.43. The molecule has 0 aromatic heterocycles. The molecular weight excluding hydrogens is 268 g/mol. The monoisotopic (exact) mass is 290 g/mol. The van der Waals surface area contributed by atoms with Gasteiger partial charge in [0.25, 0.3) is 5.91 Å². The Morgan fingerprint density at radius 3 is 2.86 bits per heavy atom. The summed E-state index contributed by atoms with van der Waals surface area (Å²) in [4.78, 5) is 23.8. The van der Waals surface area contributed by atoms with Gasteiger partial charge in [-0.15, -0.1) is 0 Å². The van der Waals surface area contributed by atoms with E-state index in [0.717, 1.165) is 19.4 Å². The van der Waals surface area contributed by atoms with Crippen LogP contribution in [-0.2, 0) is 9.53 Å². The van der Waals surface area contributed by atoms with Crippen LogP contribution in [0.3, 0.4) is 0 Å². The number of carbonyl (C=O) groups excluding carboxylic acids is 2. The maximum Gasteiger partial charge on any atom is 0.251 e. The van der Waals surface area contributed by atoms with Crippen LogP contribution >= 0.6 is 0 Å². The van der Waals surface area contributed by atoms with Gasteiger partial charge in [-0.3, -0.25) is 9.59 Å². The minimum absolute atomic E-state index is 0.0630. The number of carbonyl (C=O) groups is 2. The van der Waals surface area contributed by atoms with E-state index in [2.05, 4.69) is 10.6 Å². The molecule has 2 N–H and O–H groups in total. The van der Waals surface area contributed by atoms with Gasteiger partial charge in [-0.2, -0.15) is 0 Å². The summed E-state index contributed by atoms with van der Waals surface area (Å²) < 4.78 is 5.47. The Hall–Kier alpha value is -1.88. The maximum atomic E-state index is 12.1. The number of rotatable bonds is 5. The van der Waals surface area contributed by atoms with Crippen LogP contribution in [-0.4, -0.2) is 31.1 Å². The van der Waals surface area contributed by atoms with E-state index in [9.17, 15) is 9.59 Å². The van der Waals surface area contributed by atoms with Crippen molar-refractivity contribution in [3.8, 4) is 0 Å². The molecule has 0 radical (unpaired) electrons. The lowest BCUT2D eigenvalue weighted by molar-refractivity contribution is -0.118. The number of anilines is 1. The molecule has 0 saturated carbocycles. The molecule has 5 nitrogen and oxygen atoms in total. The van der Waals surface area contributed by atoms with Crippen molar-refractivity contribution in [1.82, 2.24) is 5.32 Å². The number of benzene rings is 1. The van der Waals surface area contributed by atoms with Crippen LogP contribution in [0.15, 0.2) is 24.3 Å². The number of nitrogens with one attached hydrogen (secondary N) is 2. The quantitative estimate of drug-likeness (QED) is 0.873. The molecule has 1 atom stereocenters. The highest BCUT2D eigenvalue weighted by atomic mass is 16.5. The van der Waals surface area contributed by atoms with Crippen molar-refractivity contribution in [2.75, 3.05) is 18.5 Å². The highest BCUT2D eigenvalue weighted by molar-refractivity contribution is 5.97. The third-order valence-corrected chi connectivity index (χ3v) is 3.43. The number of ether oxygens (including phenoxy) is 1. The van der Waals surface area contributed by atoms with Gasteiger partial charge in [0.2, 0.25) is 5.91 Å². The third kappa shape index (κ3) is 4.56. The second-order valence-corrected chi connectivity index (χ2v) is 5.57. The normalized spacial score (nSPS) is 17.8. The molecule has 114 valence electrons. The zero-order chi connectivity index (χ0) is 15.2. The summed E-state index contributed by atoms with van der Waals surface area (Å²) >= 11 is 0. The van der Waals surface area contributed by atoms with Gasteiger partial charge < -0.3 is 15.4 Å². The van der Waals surface area contributed by atoms with E-state index in [1.165, 1.54) is 0 Å². The maximum absolute atomic E-state index is 12.1. The minimum Gasteiger partial charge on any atom is -0.376 e. The van der Waals surface area contributed by atoms with Gasteiger partial charge >= 0.3 is 0 Å². The molecule has 1 aliphatic rings. The van der Waals surface area contributed by atoms with Crippen LogP contribution in [0.25, 0.3) is 0 Å².